The highest BCUT2D eigenvalue weighted by atomic mass is 127. The molecule has 0 radical (unpaired) electrons. The Morgan fingerprint density at radius 2 is 1.74 bits per heavy atom. The standard InChI is InChI=1S/C25H18Br2I2N2O2S/c1-13-7-18(8-14(2)22(13)27)30-25-31-24(32)21(34-25)11-16-9-19(26)23(20(29)10-16)33-12-15-3-5-17(28)6-4-15/h3-11H,12H2,1-2H3,(H,30,31,32)/b21-11-. The molecule has 9 heteroatoms. The molecule has 0 aliphatic carbocycles. The second kappa shape index (κ2) is 11.4. The molecule has 0 unspecified atom stereocenters. The summed E-state index contributed by atoms with van der Waals surface area (Å²) in [5.41, 5.74) is 5.04. The molecule has 3 aromatic rings. The highest BCUT2D eigenvalue weighted by molar-refractivity contribution is 14.1. The number of halogens is 4. The van der Waals surface area contributed by atoms with Crippen LogP contribution < -0.4 is 10.1 Å². The Bertz CT molecular complexity index is 1300. The van der Waals surface area contributed by atoms with Crippen LogP contribution in [0.25, 0.3) is 6.08 Å². The number of thioether (sulfide) groups is 1. The van der Waals surface area contributed by atoms with E-state index in [1.165, 1.54) is 15.3 Å². The van der Waals surface area contributed by atoms with Crippen molar-refractivity contribution < 1.29 is 9.53 Å². The van der Waals surface area contributed by atoms with Crippen molar-refractivity contribution in [1.29, 1.82) is 0 Å². The number of aryl methyl sites for hydroxylation is 2. The maximum Gasteiger partial charge on any atom is 0.264 e. The van der Waals surface area contributed by atoms with E-state index in [0.29, 0.717) is 16.7 Å². The molecule has 174 valence electrons. The molecular formula is C25H18Br2I2N2O2S. The summed E-state index contributed by atoms with van der Waals surface area (Å²) in [4.78, 5) is 17.8. The summed E-state index contributed by atoms with van der Waals surface area (Å²) < 4.78 is 10.1. The van der Waals surface area contributed by atoms with E-state index >= 15 is 0 Å². The third-order valence-corrected chi connectivity index (χ3v) is 9.19. The normalized spacial score (nSPS) is 15.8. The van der Waals surface area contributed by atoms with E-state index in [-0.39, 0.29) is 5.91 Å². The molecule has 0 saturated carbocycles. The van der Waals surface area contributed by atoms with Crippen LogP contribution in [0, 0.1) is 21.0 Å². The van der Waals surface area contributed by atoms with Crippen LogP contribution in [0.5, 0.6) is 5.75 Å². The van der Waals surface area contributed by atoms with E-state index in [9.17, 15) is 4.79 Å². The second-order valence-electron chi connectivity index (χ2n) is 7.60. The first-order valence-corrected chi connectivity index (χ1v) is 14.7. The predicted octanol–water partition coefficient (Wildman–Crippen LogP) is 8.51. The quantitative estimate of drug-likeness (QED) is 0.208. The third-order valence-electron chi connectivity index (χ3n) is 4.92. The van der Waals surface area contributed by atoms with Gasteiger partial charge in [-0.15, -0.1) is 0 Å². The summed E-state index contributed by atoms with van der Waals surface area (Å²) in [6.07, 6.45) is 1.87. The van der Waals surface area contributed by atoms with Gasteiger partial charge in [0.05, 0.1) is 18.6 Å². The number of carbonyl (C=O) groups excluding carboxylic acids is 1. The van der Waals surface area contributed by atoms with Crippen molar-refractivity contribution in [3.05, 3.63) is 91.8 Å². The van der Waals surface area contributed by atoms with Crippen molar-refractivity contribution in [2.75, 3.05) is 0 Å². The molecule has 4 nitrogen and oxygen atoms in total. The molecule has 34 heavy (non-hydrogen) atoms. The number of hydrogen-bond acceptors (Lipinski definition) is 4. The van der Waals surface area contributed by atoms with E-state index in [1.54, 1.807) is 0 Å². The van der Waals surface area contributed by atoms with Crippen LogP contribution in [0.2, 0.25) is 0 Å². The van der Waals surface area contributed by atoms with E-state index in [2.05, 4.69) is 112 Å². The van der Waals surface area contributed by atoms with Gasteiger partial charge in [0, 0.05) is 8.04 Å². The highest BCUT2D eigenvalue weighted by Gasteiger charge is 2.24. The number of nitrogens with one attached hydrogen (secondary N) is 1. The summed E-state index contributed by atoms with van der Waals surface area (Å²) >= 11 is 13.1. The zero-order chi connectivity index (χ0) is 24.4. The number of hydrogen-bond donors (Lipinski definition) is 1. The molecule has 1 heterocycles. The molecule has 0 spiro atoms. The number of amides is 1. The molecule has 1 aliphatic heterocycles. The van der Waals surface area contributed by atoms with Gasteiger partial charge in [0.15, 0.2) is 5.17 Å². The molecule has 0 atom stereocenters. The van der Waals surface area contributed by atoms with Gasteiger partial charge in [-0.25, -0.2) is 4.99 Å². The topological polar surface area (TPSA) is 50.7 Å². The first-order valence-electron chi connectivity index (χ1n) is 10.1. The second-order valence-corrected chi connectivity index (χ2v) is 12.7. The molecule has 1 fully saturated rings. The molecule has 1 aliphatic rings. The number of rotatable bonds is 5. The lowest BCUT2D eigenvalue weighted by Gasteiger charge is -2.12. The minimum Gasteiger partial charge on any atom is -0.487 e. The average Bonchev–Trinajstić information content (AvgIpc) is 3.11. The van der Waals surface area contributed by atoms with Gasteiger partial charge in [-0.1, -0.05) is 28.1 Å². The lowest BCUT2D eigenvalue weighted by atomic mass is 10.1. The van der Waals surface area contributed by atoms with E-state index in [1.807, 2.05) is 44.2 Å². The third kappa shape index (κ3) is 6.45. The van der Waals surface area contributed by atoms with Crippen LogP contribution in [0.4, 0.5) is 5.69 Å². The Balaban J connectivity index is 1.51. The summed E-state index contributed by atoms with van der Waals surface area (Å²) in [6.45, 7) is 4.54. The minimum absolute atomic E-state index is 0.153. The van der Waals surface area contributed by atoms with Gasteiger partial charge in [0.25, 0.3) is 5.91 Å². The number of ether oxygens (including phenoxy) is 1. The predicted molar refractivity (Wildman–Crippen MR) is 165 cm³/mol. The summed E-state index contributed by atoms with van der Waals surface area (Å²) in [5.74, 6) is 0.632. The van der Waals surface area contributed by atoms with Crippen molar-refractivity contribution in [3.63, 3.8) is 0 Å². The monoisotopic (exact) mass is 822 g/mol. The lowest BCUT2D eigenvalue weighted by Crippen LogP contribution is -2.19. The van der Waals surface area contributed by atoms with E-state index < -0.39 is 0 Å². The van der Waals surface area contributed by atoms with Crippen LogP contribution in [0.3, 0.4) is 0 Å². The van der Waals surface area contributed by atoms with Crippen LogP contribution in [0.15, 0.2) is 67.4 Å². The maximum absolute atomic E-state index is 12.6. The van der Waals surface area contributed by atoms with Gasteiger partial charge in [0.1, 0.15) is 12.4 Å². The number of aliphatic imine (C=N–C) groups is 1. The molecule has 0 aromatic heterocycles. The van der Waals surface area contributed by atoms with Gasteiger partial charge in [-0.05, 0) is 151 Å². The Morgan fingerprint density at radius 3 is 2.38 bits per heavy atom. The number of carbonyl (C=O) groups is 1. The minimum atomic E-state index is -0.153. The smallest absolute Gasteiger partial charge is 0.264 e. The van der Waals surface area contributed by atoms with Crippen LogP contribution in [-0.4, -0.2) is 11.1 Å². The maximum atomic E-state index is 12.6. The van der Waals surface area contributed by atoms with Crippen molar-refractivity contribution in [2.24, 2.45) is 4.99 Å². The Morgan fingerprint density at radius 1 is 1.06 bits per heavy atom. The van der Waals surface area contributed by atoms with Crippen molar-refractivity contribution in [3.8, 4) is 5.75 Å². The lowest BCUT2D eigenvalue weighted by molar-refractivity contribution is -0.115. The summed E-state index contributed by atoms with van der Waals surface area (Å²) in [5, 5.41) is 3.44. The zero-order valence-corrected chi connectivity index (χ0v) is 26.4. The first kappa shape index (κ1) is 26.2. The fourth-order valence-electron chi connectivity index (χ4n) is 3.27. The number of benzene rings is 3. The molecule has 1 saturated heterocycles. The van der Waals surface area contributed by atoms with Crippen molar-refractivity contribution in [2.45, 2.75) is 20.5 Å². The highest BCUT2D eigenvalue weighted by Crippen LogP contribution is 2.35. The van der Waals surface area contributed by atoms with Crippen LogP contribution in [-0.2, 0) is 11.4 Å². The Hall–Kier alpha value is -0.890. The summed E-state index contributed by atoms with van der Waals surface area (Å²) in [6, 6.07) is 16.2. The first-order chi connectivity index (χ1) is 16.2. The number of amidine groups is 1. The zero-order valence-electron chi connectivity index (χ0n) is 18.1. The van der Waals surface area contributed by atoms with Gasteiger partial charge in [-0.3, -0.25) is 4.79 Å². The molecular weight excluding hydrogens is 806 g/mol. The van der Waals surface area contributed by atoms with Gasteiger partial charge in [0.2, 0.25) is 0 Å². The van der Waals surface area contributed by atoms with Crippen LogP contribution >= 0.6 is 88.8 Å². The Kier molecular flexibility index (Phi) is 8.81. The SMILES string of the molecule is Cc1cc(N=C2NC(=O)/C(=C/c3cc(Br)c(OCc4ccc(I)cc4)c(I)c3)S2)cc(C)c1Br. The van der Waals surface area contributed by atoms with Gasteiger partial charge in [-0.2, -0.15) is 0 Å². The van der Waals surface area contributed by atoms with E-state index in [0.717, 1.165) is 46.2 Å². The largest absolute Gasteiger partial charge is 0.487 e. The van der Waals surface area contributed by atoms with Gasteiger partial charge < -0.3 is 10.1 Å². The van der Waals surface area contributed by atoms with E-state index in [4.69, 9.17) is 4.74 Å². The molecule has 1 N–H and O–H groups in total. The molecule has 3 aromatic carbocycles. The molecule has 1 amide bonds. The molecule has 4 rings (SSSR count). The Labute approximate surface area is 247 Å². The number of nitrogens with zero attached hydrogens (tertiary/aromatic N) is 1. The summed E-state index contributed by atoms with van der Waals surface area (Å²) in [7, 11) is 0. The average molecular weight is 824 g/mol. The van der Waals surface area contributed by atoms with Crippen molar-refractivity contribution in [1.82, 2.24) is 5.32 Å². The van der Waals surface area contributed by atoms with Crippen LogP contribution in [0.1, 0.15) is 22.3 Å². The van der Waals surface area contributed by atoms with Gasteiger partial charge >= 0.3 is 0 Å². The fraction of sp³-hybridized carbons (Fsp3) is 0.120. The molecule has 0 bridgehead atoms. The van der Waals surface area contributed by atoms with Crippen molar-refractivity contribution >= 4 is 112 Å². The fourth-order valence-corrected chi connectivity index (χ4v) is 6.47.